The molecule has 6 heteroatoms. The molecule has 2 saturated heterocycles. The van der Waals surface area contributed by atoms with Gasteiger partial charge in [0.25, 0.3) is 0 Å². The number of nitrogens with zero attached hydrogens (tertiary/aromatic N) is 1. The Morgan fingerprint density at radius 2 is 1.60 bits per heavy atom. The molecule has 2 aliphatic heterocycles. The van der Waals surface area contributed by atoms with E-state index in [-0.39, 0.29) is 46.3 Å². The van der Waals surface area contributed by atoms with Gasteiger partial charge in [0.15, 0.2) is 5.79 Å². The average molecular weight is 557 g/mol. The number of hydrogen-bond acceptors (Lipinski definition) is 4. The standard InChI is InChI=1S/C34H56N2O4/c1-21-11-14-34(39-20-21)22(2)29-25(40-34)19-33(6)26-10-9-23-17-24(35-27(37)18-28(38)36(7)8)12-13-30(23,3)31(26,4)15-16-32(29,33)5/h21-26,29H,9-20H2,1-8H3,(H,35,37)/t21-,22-,23+,24+,25-,26+,29-,30-,31-,32+,33-,34+/m0/s1. The summed E-state index contributed by atoms with van der Waals surface area (Å²) in [6, 6.07) is 0.194. The van der Waals surface area contributed by atoms with Gasteiger partial charge >= 0.3 is 0 Å². The molecule has 0 aromatic heterocycles. The number of carbonyl (C=O) groups excluding carboxylic acids is 2. The molecule has 1 N–H and O–H groups in total. The number of amides is 2. The van der Waals surface area contributed by atoms with Crippen LogP contribution >= 0.6 is 0 Å². The van der Waals surface area contributed by atoms with Crippen LogP contribution in [0.1, 0.15) is 112 Å². The highest BCUT2D eigenvalue weighted by atomic mass is 16.7. The Morgan fingerprint density at radius 3 is 2.27 bits per heavy atom. The zero-order valence-electron chi connectivity index (χ0n) is 26.6. The normalized spacial score (nSPS) is 53.2. The summed E-state index contributed by atoms with van der Waals surface area (Å²) in [5.41, 5.74) is 1.15. The molecule has 40 heavy (non-hydrogen) atoms. The van der Waals surface area contributed by atoms with Gasteiger partial charge in [-0.3, -0.25) is 9.59 Å². The van der Waals surface area contributed by atoms with Crippen molar-refractivity contribution in [1.82, 2.24) is 10.2 Å². The number of nitrogens with one attached hydrogen (secondary N) is 1. The van der Waals surface area contributed by atoms with Crippen molar-refractivity contribution in [2.24, 2.45) is 51.2 Å². The molecule has 0 bridgehead atoms. The van der Waals surface area contributed by atoms with Crippen molar-refractivity contribution in [3.8, 4) is 0 Å². The lowest BCUT2D eigenvalue weighted by atomic mass is 9.35. The lowest BCUT2D eigenvalue weighted by Crippen LogP contribution is -2.64. The Hall–Kier alpha value is -1.14. The predicted molar refractivity (Wildman–Crippen MR) is 156 cm³/mol. The van der Waals surface area contributed by atoms with Gasteiger partial charge in [0.2, 0.25) is 11.8 Å². The second-order valence-corrected chi connectivity index (χ2v) is 16.4. The van der Waals surface area contributed by atoms with E-state index in [0.717, 1.165) is 25.9 Å². The quantitative estimate of drug-likeness (QED) is 0.422. The van der Waals surface area contributed by atoms with Gasteiger partial charge in [-0.05, 0) is 103 Å². The molecular weight excluding hydrogens is 500 g/mol. The lowest BCUT2D eigenvalue weighted by molar-refractivity contribution is -0.279. The third-order valence-corrected chi connectivity index (χ3v) is 14.7. The maximum Gasteiger partial charge on any atom is 0.231 e. The van der Waals surface area contributed by atoms with Crippen LogP contribution in [0, 0.1) is 51.2 Å². The van der Waals surface area contributed by atoms with Gasteiger partial charge in [0.05, 0.1) is 12.7 Å². The topological polar surface area (TPSA) is 67.9 Å². The monoisotopic (exact) mass is 556 g/mol. The maximum absolute atomic E-state index is 12.6. The van der Waals surface area contributed by atoms with Gasteiger partial charge in [-0.15, -0.1) is 0 Å². The third kappa shape index (κ3) is 3.86. The molecular formula is C34H56N2O4. The summed E-state index contributed by atoms with van der Waals surface area (Å²) in [4.78, 5) is 26.2. The van der Waals surface area contributed by atoms with E-state index in [2.05, 4.69) is 46.9 Å². The number of rotatable bonds is 3. The van der Waals surface area contributed by atoms with Crippen LogP contribution in [-0.4, -0.2) is 55.3 Å². The van der Waals surface area contributed by atoms with Gasteiger partial charge in [-0.2, -0.15) is 0 Å². The van der Waals surface area contributed by atoms with Crippen LogP contribution in [0.3, 0.4) is 0 Å². The molecule has 0 unspecified atom stereocenters. The van der Waals surface area contributed by atoms with Crippen LogP contribution in [0.15, 0.2) is 0 Å². The first-order valence-electron chi connectivity index (χ1n) is 16.5. The minimum absolute atomic E-state index is 0.0453. The van der Waals surface area contributed by atoms with Crippen LogP contribution in [0.4, 0.5) is 0 Å². The molecule has 0 aromatic carbocycles. The Kier molecular flexibility index (Phi) is 6.83. The Balaban J connectivity index is 1.19. The van der Waals surface area contributed by atoms with E-state index < -0.39 is 0 Å². The smallest absolute Gasteiger partial charge is 0.231 e. The van der Waals surface area contributed by atoms with Crippen molar-refractivity contribution in [3.63, 3.8) is 0 Å². The summed E-state index contributed by atoms with van der Waals surface area (Å²) in [5.74, 6) is 2.40. The molecule has 2 amide bonds. The van der Waals surface area contributed by atoms with Gasteiger partial charge in [0, 0.05) is 32.5 Å². The van der Waals surface area contributed by atoms with Crippen LogP contribution in [0.25, 0.3) is 0 Å². The van der Waals surface area contributed by atoms with Crippen molar-refractivity contribution < 1.29 is 19.1 Å². The lowest BCUT2D eigenvalue weighted by Gasteiger charge is -2.70. The molecule has 226 valence electrons. The van der Waals surface area contributed by atoms with Crippen LogP contribution in [-0.2, 0) is 19.1 Å². The average Bonchev–Trinajstić information content (AvgIpc) is 3.28. The van der Waals surface area contributed by atoms with Gasteiger partial charge in [-0.25, -0.2) is 0 Å². The van der Waals surface area contributed by atoms with Gasteiger partial charge in [-0.1, -0.05) is 41.5 Å². The molecule has 12 atom stereocenters. The number of fused-ring (bicyclic) bond motifs is 7. The van der Waals surface area contributed by atoms with E-state index in [0.29, 0.717) is 41.1 Å². The maximum atomic E-state index is 12.6. The Labute approximate surface area is 243 Å². The molecule has 6 rings (SSSR count). The highest BCUT2D eigenvalue weighted by Crippen LogP contribution is 2.79. The van der Waals surface area contributed by atoms with Crippen molar-refractivity contribution in [1.29, 1.82) is 0 Å². The zero-order valence-corrected chi connectivity index (χ0v) is 26.6. The first kappa shape index (κ1) is 29.0. The summed E-state index contributed by atoms with van der Waals surface area (Å²) in [6.45, 7) is 16.1. The van der Waals surface area contributed by atoms with Crippen LogP contribution in [0.2, 0.25) is 0 Å². The van der Waals surface area contributed by atoms with E-state index in [1.165, 1.54) is 49.8 Å². The molecule has 4 saturated carbocycles. The highest BCUT2D eigenvalue weighted by Gasteiger charge is 2.75. The summed E-state index contributed by atoms with van der Waals surface area (Å²) in [7, 11) is 3.42. The fourth-order valence-electron chi connectivity index (χ4n) is 11.9. The van der Waals surface area contributed by atoms with Gasteiger partial charge < -0.3 is 19.7 Å². The summed E-state index contributed by atoms with van der Waals surface area (Å²) in [6.07, 6.45) is 12.1. The van der Waals surface area contributed by atoms with Crippen molar-refractivity contribution in [2.45, 2.75) is 130 Å². The second-order valence-electron chi connectivity index (χ2n) is 16.4. The Morgan fingerprint density at radius 1 is 0.875 bits per heavy atom. The molecule has 6 nitrogen and oxygen atoms in total. The molecule has 2 heterocycles. The van der Waals surface area contributed by atoms with Crippen molar-refractivity contribution in [3.05, 3.63) is 0 Å². The fraction of sp³-hybridized carbons (Fsp3) is 0.941. The van der Waals surface area contributed by atoms with E-state index in [4.69, 9.17) is 9.47 Å². The third-order valence-electron chi connectivity index (χ3n) is 14.7. The van der Waals surface area contributed by atoms with E-state index >= 15 is 0 Å². The molecule has 0 radical (unpaired) electrons. The first-order valence-corrected chi connectivity index (χ1v) is 16.5. The van der Waals surface area contributed by atoms with E-state index in [1.54, 1.807) is 14.1 Å². The summed E-state index contributed by atoms with van der Waals surface area (Å²) < 4.78 is 13.6. The minimum atomic E-state index is -0.351. The molecule has 4 aliphatic carbocycles. The van der Waals surface area contributed by atoms with Crippen molar-refractivity contribution in [2.75, 3.05) is 20.7 Å². The number of carbonyl (C=O) groups is 2. The van der Waals surface area contributed by atoms with E-state index in [1.807, 2.05) is 0 Å². The number of hydrogen-bond donors (Lipinski definition) is 1. The summed E-state index contributed by atoms with van der Waals surface area (Å²) in [5, 5.41) is 3.24. The predicted octanol–water partition coefficient (Wildman–Crippen LogP) is 6.18. The zero-order chi connectivity index (χ0) is 28.9. The SMILES string of the molecule is C[C@H]1CC[C@@]2(OC1)O[C@H]1C[C@@]3(C)[C@@H]4CC[C@@H]5C[C@H](NC(=O)CC(=O)N(C)C)CC[C@]5(C)[C@@]4(C)CC[C@]3(C)[C@H]1[C@@H]2C. The second kappa shape index (κ2) is 9.43. The van der Waals surface area contributed by atoms with Gasteiger partial charge in [0.1, 0.15) is 6.42 Å². The first-order chi connectivity index (χ1) is 18.7. The number of ether oxygens (including phenoxy) is 2. The van der Waals surface area contributed by atoms with Crippen LogP contribution in [0.5, 0.6) is 0 Å². The molecule has 0 aromatic rings. The highest BCUT2D eigenvalue weighted by molar-refractivity contribution is 5.96. The minimum Gasteiger partial charge on any atom is -0.353 e. The molecule has 6 fully saturated rings. The fourth-order valence-corrected chi connectivity index (χ4v) is 11.9. The Bertz CT molecular complexity index is 1040. The summed E-state index contributed by atoms with van der Waals surface area (Å²) >= 11 is 0. The van der Waals surface area contributed by atoms with E-state index in [9.17, 15) is 9.59 Å². The molecule has 6 aliphatic rings. The largest absolute Gasteiger partial charge is 0.353 e. The van der Waals surface area contributed by atoms with Crippen LogP contribution < -0.4 is 5.32 Å². The van der Waals surface area contributed by atoms with Crippen molar-refractivity contribution >= 4 is 11.8 Å². The molecule has 1 spiro atoms.